The van der Waals surface area contributed by atoms with E-state index in [9.17, 15) is 0 Å². The van der Waals surface area contributed by atoms with Gasteiger partial charge < -0.3 is 10.1 Å². The first-order valence-corrected chi connectivity index (χ1v) is 10.1. The van der Waals surface area contributed by atoms with E-state index in [-0.39, 0.29) is 0 Å². The fourth-order valence-electron chi connectivity index (χ4n) is 3.47. The number of nitrogens with zero attached hydrogens (tertiary/aromatic N) is 1. The summed E-state index contributed by atoms with van der Waals surface area (Å²) in [5.74, 6) is 0.919. The Morgan fingerprint density at radius 2 is 1.69 bits per heavy atom. The maximum atomic E-state index is 5.94. The molecule has 2 heterocycles. The van der Waals surface area contributed by atoms with Crippen LogP contribution in [0, 0.1) is 0 Å². The normalized spacial score (nSPS) is 16.3. The number of ether oxygens (including phenoxy) is 1. The third kappa shape index (κ3) is 4.15. The average molecular weight is 365 g/mol. The summed E-state index contributed by atoms with van der Waals surface area (Å²) in [7, 11) is 0. The number of thiophene rings is 1. The molecule has 3 nitrogen and oxygen atoms in total. The molecular weight excluding hydrogens is 340 g/mol. The van der Waals surface area contributed by atoms with Crippen LogP contribution in [0.2, 0.25) is 0 Å². The first-order valence-electron chi connectivity index (χ1n) is 9.14. The topological polar surface area (TPSA) is 24.5 Å². The highest BCUT2D eigenvalue weighted by molar-refractivity contribution is 7.08. The molecule has 0 aliphatic carbocycles. The van der Waals surface area contributed by atoms with Gasteiger partial charge in [0.05, 0.1) is 6.04 Å². The molecule has 3 aromatic rings. The van der Waals surface area contributed by atoms with Crippen molar-refractivity contribution in [3.8, 4) is 5.75 Å². The van der Waals surface area contributed by atoms with Crippen LogP contribution in [-0.2, 0) is 6.61 Å². The lowest BCUT2D eigenvalue weighted by atomic mass is 9.98. The highest BCUT2D eigenvalue weighted by Gasteiger charge is 2.24. The first kappa shape index (κ1) is 17.3. The fourth-order valence-corrected chi connectivity index (χ4v) is 4.15. The lowest BCUT2D eigenvalue weighted by Gasteiger charge is -2.35. The Labute approximate surface area is 159 Å². The van der Waals surface area contributed by atoms with Crippen LogP contribution in [0.1, 0.15) is 22.7 Å². The van der Waals surface area contributed by atoms with Crippen LogP contribution in [0.15, 0.2) is 71.4 Å². The molecule has 1 saturated heterocycles. The molecule has 134 valence electrons. The summed E-state index contributed by atoms with van der Waals surface area (Å²) in [6, 6.07) is 21.5. The van der Waals surface area contributed by atoms with Crippen molar-refractivity contribution in [3.63, 3.8) is 0 Å². The quantitative estimate of drug-likeness (QED) is 0.705. The molecule has 26 heavy (non-hydrogen) atoms. The van der Waals surface area contributed by atoms with E-state index in [1.54, 1.807) is 11.3 Å². The third-order valence-corrected chi connectivity index (χ3v) is 5.52. The Bertz CT molecular complexity index is 781. The van der Waals surface area contributed by atoms with Crippen molar-refractivity contribution < 1.29 is 4.74 Å². The van der Waals surface area contributed by atoms with Crippen molar-refractivity contribution in [2.45, 2.75) is 12.6 Å². The van der Waals surface area contributed by atoms with Gasteiger partial charge in [-0.2, -0.15) is 11.3 Å². The first-order chi connectivity index (χ1) is 12.9. The van der Waals surface area contributed by atoms with Gasteiger partial charge in [0.2, 0.25) is 0 Å². The Morgan fingerprint density at radius 3 is 2.38 bits per heavy atom. The van der Waals surface area contributed by atoms with Crippen LogP contribution in [0.3, 0.4) is 0 Å². The molecule has 1 aliphatic rings. The minimum Gasteiger partial charge on any atom is -0.489 e. The summed E-state index contributed by atoms with van der Waals surface area (Å²) in [6.07, 6.45) is 0. The van der Waals surface area contributed by atoms with E-state index in [2.05, 4.69) is 63.4 Å². The predicted octanol–water partition coefficient (Wildman–Crippen LogP) is 4.32. The van der Waals surface area contributed by atoms with E-state index < -0.39 is 0 Å². The summed E-state index contributed by atoms with van der Waals surface area (Å²) in [4.78, 5) is 2.57. The van der Waals surface area contributed by atoms with Crippen LogP contribution in [-0.4, -0.2) is 31.1 Å². The number of nitrogens with one attached hydrogen (secondary N) is 1. The summed E-state index contributed by atoms with van der Waals surface area (Å²) in [5.41, 5.74) is 3.90. The monoisotopic (exact) mass is 364 g/mol. The van der Waals surface area contributed by atoms with Gasteiger partial charge in [-0.3, -0.25) is 4.90 Å². The number of hydrogen-bond acceptors (Lipinski definition) is 4. The summed E-state index contributed by atoms with van der Waals surface area (Å²) in [5, 5.41) is 7.89. The Kier molecular flexibility index (Phi) is 5.65. The molecule has 0 radical (unpaired) electrons. The van der Waals surface area contributed by atoms with Crippen molar-refractivity contribution in [1.29, 1.82) is 0 Å². The van der Waals surface area contributed by atoms with Crippen LogP contribution >= 0.6 is 11.3 Å². The Morgan fingerprint density at radius 1 is 0.923 bits per heavy atom. The molecule has 1 atom stereocenters. The lowest BCUT2D eigenvalue weighted by Crippen LogP contribution is -2.45. The molecule has 2 aromatic carbocycles. The van der Waals surface area contributed by atoms with Gasteiger partial charge in [-0.15, -0.1) is 0 Å². The van der Waals surface area contributed by atoms with Gasteiger partial charge in [0, 0.05) is 26.2 Å². The molecule has 1 unspecified atom stereocenters. The summed E-state index contributed by atoms with van der Waals surface area (Å²) >= 11 is 1.77. The van der Waals surface area contributed by atoms with Gasteiger partial charge in [0.15, 0.2) is 0 Å². The maximum Gasteiger partial charge on any atom is 0.119 e. The molecule has 0 saturated carbocycles. The zero-order valence-electron chi connectivity index (χ0n) is 14.8. The van der Waals surface area contributed by atoms with E-state index in [1.165, 1.54) is 16.7 Å². The van der Waals surface area contributed by atoms with E-state index >= 15 is 0 Å². The van der Waals surface area contributed by atoms with Crippen LogP contribution in [0.4, 0.5) is 0 Å². The smallest absolute Gasteiger partial charge is 0.119 e. The van der Waals surface area contributed by atoms with Crippen molar-refractivity contribution >= 4 is 11.3 Å². The van der Waals surface area contributed by atoms with Gasteiger partial charge in [-0.1, -0.05) is 42.5 Å². The van der Waals surface area contributed by atoms with Gasteiger partial charge in [0.25, 0.3) is 0 Å². The minimum atomic E-state index is 0.325. The lowest BCUT2D eigenvalue weighted by molar-refractivity contribution is 0.198. The zero-order chi connectivity index (χ0) is 17.6. The number of piperazine rings is 1. The van der Waals surface area contributed by atoms with Crippen LogP contribution in [0.25, 0.3) is 0 Å². The van der Waals surface area contributed by atoms with Crippen molar-refractivity contribution in [2.24, 2.45) is 0 Å². The van der Waals surface area contributed by atoms with E-state index in [4.69, 9.17) is 4.74 Å². The second-order valence-corrected chi connectivity index (χ2v) is 7.37. The molecular formula is C22H24N2OS. The molecule has 0 spiro atoms. The van der Waals surface area contributed by atoms with Crippen LogP contribution < -0.4 is 10.1 Å². The molecule has 1 fully saturated rings. The van der Waals surface area contributed by atoms with Gasteiger partial charge in [-0.25, -0.2) is 0 Å². The standard InChI is InChI=1S/C22H24N2OS/c1-2-4-18(5-3-1)16-25-21-8-6-19(7-9-21)22(20-10-15-26-17-20)24-13-11-23-12-14-24/h1-10,15,17,22-23H,11-14,16H2. The van der Waals surface area contributed by atoms with Crippen molar-refractivity contribution in [2.75, 3.05) is 26.2 Å². The molecule has 0 amide bonds. The summed E-state index contributed by atoms with van der Waals surface area (Å²) < 4.78 is 5.94. The van der Waals surface area contributed by atoms with E-state index in [1.807, 2.05) is 18.2 Å². The fraction of sp³-hybridized carbons (Fsp3) is 0.273. The second-order valence-electron chi connectivity index (χ2n) is 6.59. The number of rotatable bonds is 6. The van der Waals surface area contributed by atoms with Gasteiger partial charge >= 0.3 is 0 Å². The largest absolute Gasteiger partial charge is 0.489 e. The SMILES string of the molecule is c1ccc(COc2ccc(C(c3ccsc3)N3CCNCC3)cc2)cc1. The average Bonchev–Trinajstić information content (AvgIpc) is 3.23. The molecule has 1 N–H and O–H groups in total. The van der Waals surface area contributed by atoms with E-state index in [0.29, 0.717) is 12.6 Å². The van der Waals surface area contributed by atoms with Crippen molar-refractivity contribution in [1.82, 2.24) is 10.2 Å². The second kappa shape index (κ2) is 8.49. The Hall–Kier alpha value is -2.14. The highest BCUT2D eigenvalue weighted by Crippen LogP contribution is 2.31. The number of benzene rings is 2. The molecule has 4 heteroatoms. The summed E-state index contributed by atoms with van der Waals surface area (Å²) in [6.45, 7) is 4.86. The highest BCUT2D eigenvalue weighted by atomic mass is 32.1. The van der Waals surface area contributed by atoms with Crippen LogP contribution in [0.5, 0.6) is 5.75 Å². The number of hydrogen-bond donors (Lipinski definition) is 1. The zero-order valence-corrected chi connectivity index (χ0v) is 15.6. The molecule has 1 aromatic heterocycles. The Balaban J connectivity index is 1.49. The predicted molar refractivity (Wildman–Crippen MR) is 108 cm³/mol. The van der Waals surface area contributed by atoms with Crippen molar-refractivity contribution in [3.05, 3.63) is 88.1 Å². The van der Waals surface area contributed by atoms with E-state index in [0.717, 1.165) is 31.9 Å². The van der Waals surface area contributed by atoms with Gasteiger partial charge in [0.1, 0.15) is 12.4 Å². The molecule has 0 bridgehead atoms. The minimum absolute atomic E-state index is 0.325. The van der Waals surface area contributed by atoms with Gasteiger partial charge in [-0.05, 0) is 45.6 Å². The molecule has 4 rings (SSSR count). The molecule has 1 aliphatic heterocycles. The maximum absolute atomic E-state index is 5.94. The third-order valence-electron chi connectivity index (χ3n) is 4.82.